The molecule has 14 heavy (non-hydrogen) atoms. The Morgan fingerprint density at radius 1 is 1.29 bits per heavy atom. The van der Waals surface area contributed by atoms with Gasteiger partial charge in [0, 0.05) is 0 Å². The first kappa shape index (κ1) is 9.49. The quantitative estimate of drug-likeness (QED) is 0.712. The summed E-state index contributed by atoms with van der Waals surface area (Å²) >= 11 is 0. The Hall–Kier alpha value is -1.06. The van der Waals surface area contributed by atoms with Gasteiger partial charge in [-0.2, -0.15) is 0 Å². The molecule has 76 valence electrons. The van der Waals surface area contributed by atoms with Crippen LogP contribution in [0.5, 0.6) is 5.75 Å². The second-order valence-corrected chi connectivity index (χ2v) is 3.45. The zero-order valence-electron chi connectivity index (χ0n) is 8.40. The van der Waals surface area contributed by atoms with Crippen molar-refractivity contribution in [3.63, 3.8) is 0 Å². The van der Waals surface area contributed by atoms with Crippen LogP contribution >= 0.6 is 0 Å². The summed E-state index contributed by atoms with van der Waals surface area (Å²) in [6.07, 6.45) is 0. The minimum absolute atomic E-state index is 0.756. The third-order valence-electron chi connectivity index (χ3n) is 2.19. The maximum atomic E-state index is 5.69. The number of morpholine rings is 1. The third kappa shape index (κ3) is 2.47. The molecule has 0 N–H and O–H groups in total. The second-order valence-electron chi connectivity index (χ2n) is 3.45. The van der Waals surface area contributed by atoms with Gasteiger partial charge in [-0.3, -0.25) is 0 Å². The Morgan fingerprint density at radius 2 is 2.07 bits per heavy atom. The van der Waals surface area contributed by atoms with Gasteiger partial charge in [-0.1, -0.05) is 12.1 Å². The van der Waals surface area contributed by atoms with E-state index in [4.69, 9.17) is 9.57 Å². The highest BCUT2D eigenvalue weighted by Gasteiger charge is 2.11. The zero-order chi connectivity index (χ0) is 9.80. The van der Waals surface area contributed by atoms with E-state index < -0.39 is 0 Å². The molecule has 0 radical (unpaired) electrons. The first-order chi connectivity index (χ1) is 6.84. The van der Waals surface area contributed by atoms with Gasteiger partial charge in [0.2, 0.25) is 0 Å². The maximum absolute atomic E-state index is 5.69. The molecule has 1 saturated heterocycles. The van der Waals surface area contributed by atoms with Gasteiger partial charge in [0.1, 0.15) is 5.75 Å². The fraction of sp³-hybridized carbons (Fsp3) is 0.455. The lowest BCUT2D eigenvalue weighted by atomic mass is 10.2. The number of hydrogen-bond donors (Lipinski definition) is 0. The van der Waals surface area contributed by atoms with Crippen LogP contribution in [-0.4, -0.2) is 31.4 Å². The van der Waals surface area contributed by atoms with Crippen LogP contribution in [0, 0.1) is 6.92 Å². The molecule has 2 rings (SSSR count). The lowest BCUT2D eigenvalue weighted by molar-refractivity contribution is -0.118. The fourth-order valence-electron chi connectivity index (χ4n) is 1.46. The van der Waals surface area contributed by atoms with Crippen molar-refractivity contribution in [3.05, 3.63) is 29.8 Å². The highest BCUT2D eigenvalue weighted by molar-refractivity contribution is 5.27. The van der Waals surface area contributed by atoms with Crippen molar-refractivity contribution in [2.45, 2.75) is 6.92 Å². The first-order valence-electron chi connectivity index (χ1n) is 4.92. The predicted molar refractivity (Wildman–Crippen MR) is 54.2 cm³/mol. The van der Waals surface area contributed by atoms with Crippen LogP contribution in [-0.2, 0) is 4.74 Å². The van der Waals surface area contributed by atoms with E-state index >= 15 is 0 Å². The Bertz CT molecular complexity index is 295. The molecule has 1 heterocycles. The molecular weight excluding hydrogens is 178 g/mol. The van der Waals surface area contributed by atoms with Crippen molar-refractivity contribution in [1.29, 1.82) is 0 Å². The Balaban J connectivity index is 1.95. The lowest BCUT2D eigenvalue weighted by Gasteiger charge is -2.26. The van der Waals surface area contributed by atoms with E-state index in [1.54, 1.807) is 0 Å². The van der Waals surface area contributed by atoms with Crippen molar-refractivity contribution in [1.82, 2.24) is 5.06 Å². The van der Waals surface area contributed by atoms with Crippen LogP contribution in [0.15, 0.2) is 24.3 Å². The summed E-state index contributed by atoms with van der Waals surface area (Å²) in [5, 5.41) is 1.94. The maximum Gasteiger partial charge on any atom is 0.147 e. The normalized spacial score (nSPS) is 18.1. The van der Waals surface area contributed by atoms with Gasteiger partial charge in [-0.15, -0.1) is 5.06 Å². The molecular formula is C11H15NO2. The van der Waals surface area contributed by atoms with E-state index in [-0.39, 0.29) is 0 Å². The lowest BCUT2D eigenvalue weighted by Crippen LogP contribution is -2.38. The van der Waals surface area contributed by atoms with Gasteiger partial charge in [-0.25, -0.2) is 0 Å². The van der Waals surface area contributed by atoms with Crippen molar-refractivity contribution in [2.24, 2.45) is 0 Å². The van der Waals surface area contributed by atoms with E-state index in [1.165, 1.54) is 5.56 Å². The smallest absolute Gasteiger partial charge is 0.147 e. The number of ether oxygens (including phenoxy) is 1. The second kappa shape index (κ2) is 4.44. The summed E-state index contributed by atoms with van der Waals surface area (Å²) in [6.45, 7) is 5.26. The predicted octanol–water partition coefficient (Wildman–Crippen LogP) is 1.62. The summed E-state index contributed by atoms with van der Waals surface area (Å²) < 4.78 is 5.24. The molecule has 1 aliphatic heterocycles. The van der Waals surface area contributed by atoms with E-state index in [0.29, 0.717) is 0 Å². The minimum atomic E-state index is 0.756. The summed E-state index contributed by atoms with van der Waals surface area (Å²) in [6, 6.07) is 8.08. The van der Waals surface area contributed by atoms with Crippen LogP contribution in [0.4, 0.5) is 0 Å². The largest absolute Gasteiger partial charge is 0.406 e. The Labute approximate surface area is 84.2 Å². The summed E-state index contributed by atoms with van der Waals surface area (Å²) in [5.74, 6) is 0.909. The van der Waals surface area contributed by atoms with Gasteiger partial charge < -0.3 is 9.57 Å². The Kier molecular flexibility index (Phi) is 3.01. The van der Waals surface area contributed by atoms with Crippen molar-refractivity contribution in [3.8, 4) is 5.75 Å². The zero-order valence-corrected chi connectivity index (χ0v) is 8.40. The van der Waals surface area contributed by atoms with Crippen LogP contribution in [0.3, 0.4) is 0 Å². The number of hydrogen-bond acceptors (Lipinski definition) is 3. The van der Waals surface area contributed by atoms with Crippen LogP contribution in [0.1, 0.15) is 5.56 Å². The van der Waals surface area contributed by atoms with Crippen LogP contribution in [0.25, 0.3) is 0 Å². The van der Waals surface area contributed by atoms with Gasteiger partial charge in [-0.05, 0) is 24.6 Å². The summed E-state index contributed by atoms with van der Waals surface area (Å²) in [7, 11) is 0. The van der Waals surface area contributed by atoms with Crippen molar-refractivity contribution < 1.29 is 9.57 Å². The highest BCUT2D eigenvalue weighted by atomic mass is 16.7. The molecule has 1 aromatic carbocycles. The van der Waals surface area contributed by atoms with Crippen LogP contribution in [0.2, 0.25) is 0 Å². The average molecular weight is 193 g/mol. The Morgan fingerprint density at radius 3 is 2.79 bits per heavy atom. The number of rotatable bonds is 2. The molecule has 1 fully saturated rings. The molecule has 0 atom stereocenters. The molecule has 1 aromatic rings. The average Bonchev–Trinajstić information content (AvgIpc) is 2.19. The molecule has 1 aliphatic rings. The third-order valence-corrected chi connectivity index (χ3v) is 2.19. The van der Waals surface area contributed by atoms with Crippen molar-refractivity contribution >= 4 is 0 Å². The van der Waals surface area contributed by atoms with Gasteiger partial charge >= 0.3 is 0 Å². The van der Waals surface area contributed by atoms with Gasteiger partial charge in [0.25, 0.3) is 0 Å². The monoisotopic (exact) mass is 193 g/mol. The highest BCUT2D eigenvalue weighted by Crippen LogP contribution is 2.14. The van der Waals surface area contributed by atoms with Crippen LogP contribution < -0.4 is 4.84 Å². The minimum Gasteiger partial charge on any atom is -0.406 e. The molecule has 3 nitrogen and oxygen atoms in total. The van der Waals surface area contributed by atoms with Gasteiger partial charge in [0.05, 0.1) is 26.3 Å². The molecule has 0 bridgehead atoms. The van der Waals surface area contributed by atoms with E-state index in [9.17, 15) is 0 Å². The van der Waals surface area contributed by atoms with E-state index in [0.717, 1.165) is 32.1 Å². The number of hydroxylamine groups is 2. The summed E-state index contributed by atoms with van der Waals surface area (Å²) in [4.78, 5) is 5.69. The van der Waals surface area contributed by atoms with E-state index in [1.807, 2.05) is 23.3 Å². The molecule has 0 amide bonds. The molecule has 0 aliphatic carbocycles. The molecule has 0 saturated carbocycles. The fourth-order valence-corrected chi connectivity index (χ4v) is 1.46. The molecule has 3 heteroatoms. The number of aryl methyl sites for hydroxylation is 1. The first-order valence-corrected chi connectivity index (χ1v) is 4.92. The van der Waals surface area contributed by atoms with Crippen molar-refractivity contribution in [2.75, 3.05) is 26.3 Å². The number of nitrogens with zero attached hydrogens (tertiary/aromatic N) is 1. The summed E-state index contributed by atoms with van der Waals surface area (Å²) in [5.41, 5.74) is 1.22. The van der Waals surface area contributed by atoms with E-state index in [2.05, 4.69) is 13.0 Å². The SMILES string of the molecule is Cc1cccc(ON2CCOCC2)c1. The van der Waals surface area contributed by atoms with Gasteiger partial charge in [0.15, 0.2) is 0 Å². The molecule has 0 spiro atoms. The molecule has 0 unspecified atom stereocenters. The molecule has 0 aromatic heterocycles. The number of benzene rings is 1. The standard InChI is InChI=1S/C11H15NO2/c1-10-3-2-4-11(9-10)14-12-5-7-13-8-6-12/h2-4,9H,5-8H2,1H3. The topological polar surface area (TPSA) is 21.7 Å².